The van der Waals surface area contributed by atoms with Crippen molar-refractivity contribution < 1.29 is 14.3 Å². The first-order valence-electron chi connectivity index (χ1n) is 7.95. The van der Waals surface area contributed by atoms with Gasteiger partial charge in [-0.05, 0) is 52.4 Å². The van der Waals surface area contributed by atoms with E-state index in [1.54, 1.807) is 0 Å². The summed E-state index contributed by atoms with van der Waals surface area (Å²) in [5.41, 5.74) is 1.40. The van der Waals surface area contributed by atoms with E-state index in [1.165, 1.54) is 18.4 Å². The van der Waals surface area contributed by atoms with Crippen LogP contribution in [-0.4, -0.2) is 37.6 Å². The van der Waals surface area contributed by atoms with Crippen molar-refractivity contribution in [2.75, 3.05) is 19.7 Å². The molecule has 2 amide bonds. The van der Waals surface area contributed by atoms with Gasteiger partial charge in [-0.3, -0.25) is 9.59 Å². The first-order valence-corrected chi connectivity index (χ1v) is 7.95. The van der Waals surface area contributed by atoms with Gasteiger partial charge in [-0.1, -0.05) is 11.6 Å². The van der Waals surface area contributed by atoms with Gasteiger partial charge in [0.15, 0.2) is 0 Å². The Kier molecular flexibility index (Phi) is 8.74. The van der Waals surface area contributed by atoms with Crippen LogP contribution in [0.25, 0.3) is 0 Å². The minimum absolute atomic E-state index is 0.193. The number of amides is 2. The van der Waals surface area contributed by atoms with E-state index in [4.69, 9.17) is 4.74 Å². The number of allylic oxidation sites excluding steroid dienone is 1. The molecule has 0 fully saturated rings. The topological polar surface area (TPSA) is 67.4 Å². The van der Waals surface area contributed by atoms with E-state index in [0.29, 0.717) is 26.1 Å². The predicted octanol–water partition coefficient (Wildman–Crippen LogP) is 1.92. The molecule has 1 aliphatic carbocycles. The zero-order valence-electron chi connectivity index (χ0n) is 13.2. The van der Waals surface area contributed by atoms with E-state index in [1.807, 2.05) is 13.8 Å². The molecule has 0 saturated carbocycles. The van der Waals surface area contributed by atoms with Gasteiger partial charge in [0.25, 0.3) is 0 Å². The average Bonchev–Trinajstić information content (AvgIpc) is 2.47. The highest BCUT2D eigenvalue weighted by atomic mass is 16.5. The summed E-state index contributed by atoms with van der Waals surface area (Å²) < 4.78 is 5.36. The van der Waals surface area contributed by atoms with Crippen LogP contribution in [0.5, 0.6) is 0 Å². The molecule has 21 heavy (non-hydrogen) atoms. The quantitative estimate of drug-likeness (QED) is 0.408. The van der Waals surface area contributed by atoms with Gasteiger partial charge in [-0.25, -0.2) is 0 Å². The molecule has 5 heteroatoms. The smallest absolute Gasteiger partial charge is 0.309 e. The van der Waals surface area contributed by atoms with Crippen LogP contribution in [-0.2, 0) is 14.3 Å². The summed E-state index contributed by atoms with van der Waals surface area (Å²) in [6.07, 6.45) is 8.77. The lowest BCUT2D eigenvalue weighted by Gasteiger charge is -2.13. The van der Waals surface area contributed by atoms with Gasteiger partial charge in [0.1, 0.15) is 0 Å². The van der Waals surface area contributed by atoms with Crippen molar-refractivity contribution in [3.05, 3.63) is 11.6 Å². The van der Waals surface area contributed by atoms with Crippen LogP contribution in [0.15, 0.2) is 11.6 Å². The maximum absolute atomic E-state index is 11.6. The fourth-order valence-electron chi connectivity index (χ4n) is 2.22. The lowest BCUT2D eigenvalue weighted by atomic mass is 9.97. The maximum atomic E-state index is 11.6. The molecule has 0 aromatic heterocycles. The third-order valence-electron chi connectivity index (χ3n) is 3.38. The van der Waals surface area contributed by atoms with E-state index in [0.717, 1.165) is 19.3 Å². The Bertz CT molecular complexity index is 365. The maximum Gasteiger partial charge on any atom is 0.309 e. The minimum Gasteiger partial charge on any atom is -0.379 e. The molecule has 0 atom stereocenters. The third-order valence-corrected chi connectivity index (χ3v) is 3.38. The lowest BCUT2D eigenvalue weighted by Crippen LogP contribution is -2.40. The molecule has 120 valence electrons. The molecule has 5 nitrogen and oxygen atoms in total. The van der Waals surface area contributed by atoms with Crippen molar-refractivity contribution in [2.24, 2.45) is 0 Å². The van der Waals surface area contributed by atoms with E-state index in [9.17, 15) is 9.59 Å². The van der Waals surface area contributed by atoms with Crippen molar-refractivity contribution in [1.29, 1.82) is 0 Å². The minimum atomic E-state index is -0.558. The number of carbonyl (C=O) groups is 2. The average molecular weight is 296 g/mol. The molecular weight excluding hydrogens is 268 g/mol. The summed E-state index contributed by atoms with van der Waals surface area (Å²) in [4.78, 5) is 23.1. The molecular formula is C16H28N2O3. The Morgan fingerprint density at radius 1 is 1.19 bits per heavy atom. The number of hydrogen-bond acceptors (Lipinski definition) is 3. The third kappa shape index (κ3) is 8.50. The Morgan fingerprint density at radius 2 is 1.90 bits per heavy atom. The van der Waals surface area contributed by atoms with Gasteiger partial charge in [-0.15, -0.1) is 0 Å². The van der Waals surface area contributed by atoms with Crippen LogP contribution in [0.1, 0.15) is 52.4 Å². The Hall–Kier alpha value is -1.36. The number of hydrogen-bond donors (Lipinski definition) is 2. The second-order valence-electron chi connectivity index (χ2n) is 5.64. The van der Waals surface area contributed by atoms with Crippen LogP contribution < -0.4 is 10.6 Å². The normalized spacial score (nSPS) is 14.7. The first-order chi connectivity index (χ1) is 10.1. The van der Waals surface area contributed by atoms with Gasteiger partial charge in [-0.2, -0.15) is 0 Å². The van der Waals surface area contributed by atoms with Crippen molar-refractivity contribution in [2.45, 2.75) is 58.5 Å². The predicted molar refractivity (Wildman–Crippen MR) is 82.9 cm³/mol. The molecule has 0 unspecified atom stereocenters. The first kappa shape index (κ1) is 17.7. The van der Waals surface area contributed by atoms with Gasteiger partial charge in [0, 0.05) is 19.7 Å². The van der Waals surface area contributed by atoms with Crippen LogP contribution in [0, 0.1) is 0 Å². The fourth-order valence-corrected chi connectivity index (χ4v) is 2.22. The van der Waals surface area contributed by atoms with Gasteiger partial charge < -0.3 is 15.4 Å². The summed E-state index contributed by atoms with van der Waals surface area (Å²) in [5.74, 6) is -1.10. The number of ether oxygens (including phenoxy) is 1. The Labute approximate surface area is 127 Å². The standard InChI is InChI=1S/C16H28N2O3/c1-13(2)21-12-6-10-17-15(19)16(20)18-11-9-14-7-4-3-5-8-14/h7,13H,3-6,8-12H2,1-2H3,(H,17,19)(H,18,20). The van der Waals surface area contributed by atoms with Gasteiger partial charge >= 0.3 is 11.8 Å². The molecule has 0 spiro atoms. The molecule has 0 aromatic rings. The van der Waals surface area contributed by atoms with Crippen molar-refractivity contribution in [1.82, 2.24) is 10.6 Å². The summed E-state index contributed by atoms with van der Waals surface area (Å²) in [5, 5.41) is 5.26. The number of rotatable bonds is 8. The number of nitrogens with one attached hydrogen (secondary N) is 2. The molecule has 1 rings (SSSR count). The molecule has 0 aliphatic heterocycles. The Balaban J connectivity index is 2.05. The Morgan fingerprint density at radius 3 is 2.52 bits per heavy atom. The van der Waals surface area contributed by atoms with Crippen molar-refractivity contribution in [3.63, 3.8) is 0 Å². The summed E-state index contributed by atoms with van der Waals surface area (Å²) in [6.45, 7) is 5.52. The molecule has 0 saturated heterocycles. The fraction of sp³-hybridized carbons (Fsp3) is 0.750. The largest absolute Gasteiger partial charge is 0.379 e. The van der Waals surface area contributed by atoms with Crippen LogP contribution in [0.2, 0.25) is 0 Å². The highest BCUT2D eigenvalue weighted by Crippen LogP contribution is 2.19. The monoisotopic (exact) mass is 296 g/mol. The highest BCUT2D eigenvalue weighted by Gasteiger charge is 2.12. The van der Waals surface area contributed by atoms with Crippen molar-refractivity contribution >= 4 is 11.8 Å². The molecule has 2 N–H and O–H groups in total. The molecule has 0 bridgehead atoms. The van der Waals surface area contributed by atoms with Gasteiger partial charge in [0.2, 0.25) is 0 Å². The second-order valence-corrected chi connectivity index (χ2v) is 5.64. The molecule has 0 aromatic carbocycles. The summed E-state index contributed by atoms with van der Waals surface area (Å²) in [6, 6.07) is 0. The number of carbonyl (C=O) groups excluding carboxylic acids is 2. The molecule has 0 heterocycles. The second kappa shape index (κ2) is 10.4. The van der Waals surface area contributed by atoms with E-state index in [-0.39, 0.29) is 6.10 Å². The molecule has 0 radical (unpaired) electrons. The van der Waals surface area contributed by atoms with E-state index < -0.39 is 11.8 Å². The van der Waals surface area contributed by atoms with E-state index >= 15 is 0 Å². The molecule has 1 aliphatic rings. The van der Waals surface area contributed by atoms with Crippen LogP contribution in [0.3, 0.4) is 0 Å². The zero-order valence-corrected chi connectivity index (χ0v) is 13.2. The van der Waals surface area contributed by atoms with Crippen LogP contribution >= 0.6 is 0 Å². The summed E-state index contributed by atoms with van der Waals surface area (Å²) in [7, 11) is 0. The van der Waals surface area contributed by atoms with Gasteiger partial charge in [0.05, 0.1) is 6.10 Å². The van der Waals surface area contributed by atoms with Crippen molar-refractivity contribution in [3.8, 4) is 0 Å². The van der Waals surface area contributed by atoms with Crippen LogP contribution in [0.4, 0.5) is 0 Å². The van der Waals surface area contributed by atoms with E-state index in [2.05, 4.69) is 16.7 Å². The SMILES string of the molecule is CC(C)OCCCNC(=O)C(=O)NCCC1=CCCCC1. The lowest BCUT2D eigenvalue weighted by molar-refractivity contribution is -0.139. The highest BCUT2D eigenvalue weighted by molar-refractivity contribution is 6.35. The zero-order chi connectivity index (χ0) is 15.5. The summed E-state index contributed by atoms with van der Waals surface area (Å²) >= 11 is 0.